The van der Waals surface area contributed by atoms with Gasteiger partial charge in [-0.1, -0.05) is 26.0 Å². The van der Waals surface area contributed by atoms with Crippen LogP contribution < -0.4 is 4.90 Å². The van der Waals surface area contributed by atoms with Crippen molar-refractivity contribution >= 4 is 34.2 Å². The van der Waals surface area contributed by atoms with Gasteiger partial charge >= 0.3 is 0 Å². The predicted octanol–water partition coefficient (Wildman–Crippen LogP) is 3.30. The number of hydrogen-bond donors (Lipinski definition) is 0. The summed E-state index contributed by atoms with van der Waals surface area (Å²) in [6.07, 6.45) is 0.599. The topological polar surface area (TPSA) is 20.3 Å². The molecule has 0 spiro atoms. The number of anilines is 1. The molecule has 0 N–H and O–H groups in total. The fourth-order valence-electron chi connectivity index (χ4n) is 1.34. The van der Waals surface area contributed by atoms with Gasteiger partial charge in [0.25, 0.3) is 0 Å². The number of nitrogens with zero attached hydrogens (tertiary/aromatic N) is 1. The third kappa shape index (κ3) is 3.48. The largest absolute Gasteiger partial charge is 0.314 e. The van der Waals surface area contributed by atoms with Crippen molar-refractivity contribution in [1.82, 2.24) is 0 Å². The van der Waals surface area contributed by atoms with Crippen LogP contribution in [0.15, 0.2) is 24.3 Å². The highest BCUT2D eigenvalue weighted by Crippen LogP contribution is 2.21. The number of para-hydroxylation sites is 1. The first kappa shape index (κ1) is 12.5. The fraction of sp³-hybridized carbons (Fsp3) is 0.417. The summed E-state index contributed by atoms with van der Waals surface area (Å²) in [6, 6.07) is 7.91. The number of hydrogen-bond acceptors (Lipinski definition) is 1. The highest BCUT2D eigenvalue weighted by molar-refractivity contribution is 14.1. The van der Waals surface area contributed by atoms with Gasteiger partial charge in [0.15, 0.2) is 0 Å². The molecule has 0 saturated heterocycles. The van der Waals surface area contributed by atoms with Crippen LogP contribution in [-0.2, 0) is 4.79 Å². The summed E-state index contributed by atoms with van der Waals surface area (Å²) in [5.74, 6) is 0.579. The lowest BCUT2D eigenvalue weighted by atomic mass is 10.1. The van der Waals surface area contributed by atoms with Crippen LogP contribution in [0.2, 0.25) is 0 Å². The molecular weight excluding hydrogens is 301 g/mol. The summed E-state index contributed by atoms with van der Waals surface area (Å²) >= 11 is 2.25. The molecule has 0 aliphatic carbocycles. The van der Waals surface area contributed by atoms with E-state index in [-0.39, 0.29) is 5.91 Å². The van der Waals surface area contributed by atoms with E-state index in [2.05, 4.69) is 36.4 Å². The highest BCUT2D eigenvalue weighted by atomic mass is 127. The average Bonchev–Trinajstić information content (AvgIpc) is 2.16. The van der Waals surface area contributed by atoms with Gasteiger partial charge in [-0.2, -0.15) is 0 Å². The van der Waals surface area contributed by atoms with E-state index in [1.807, 2.05) is 31.3 Å². The maximum atomic E-state index is 11.8. The van der Waals surface area contributed by atoms with E-state index in [1.165, 1.54) is 0 Å². The smallest absolute Gasteiger partial charge is 0.227 e. The van der Waals surface area contributed by atoms with Crippen LogP contribution in [0.25, 0.3) is 0 Å². The summed E-state index contributed by atoms with van der Waals surface area (Å²) in [7, 11) is 1.84. The first-order valence-corrected chi connectivity index (χ1v) is 6.11. The lowest BCUT2D eigenvalue weighted by molar-refractivity contribution is -0.119. The van der Waals surface area contributed by atoms with E-state index in [9.17, 15) is 4.79 Å². The minimum Gasteiger partial charge on any atom is -0.314 e. The maximum absolute atomic E-state index is 11.8. The zero-order valence-corrected chi connectivity index (χ0v) is 11.5. The van der Waals surface area contributed by atoms with Crippen LogP contribution in [0.3, 0.4) is 0 Å². The molecule has 2 nitrogen and oxygen atoms in total. The molecule has 82 valence electrons. The van der Waals surface area contributed by atoms with Gasteiger partial charge in [-0.25, -0.2) is 0 Å². The van der Waals surface area contributed by atoms with E-state index >= 15 is 0 Å². The van der Waals surface area contributed by atoms with Crippen molar-refractivity contribution in [2.75, 3.05) is 11.9 Å². The molecule has 1 aromatic rings. The Balaban J connectivity index is 2.81. The second kappa shape index (κ2) is 5.49. The van der Waals surface area contributed by atoms with Crippen LogP contribution in [0.4, 0.5) is 5.69 Å². The van der Waals surface area contributed by atoms with Crippen molar-refractivity contribution in [3.8, 4) is 0 Å². The number of carbonyl (C=O) groups is 1. The molecule has 3 heteroatoms. The molecule has 0 aliphatic rings. The molecule has 0 bridgehead atoms. The minimum atomic E-state index is 0.175. The van der Waals surface area contributed by atoms with Gasteiger partial charge in [-0.05, 0) is 40.6 Å². The molecule has 0 saturated carbocycles. The normalized spacial score (nSPS) is 10.5. The summed E-state index contributed by atoms with van der Waals surface area (Å²) in [4.78, 5) is 13.6. The van der Waals surface area contributed by atoms with E-state index in [1.54, 1.807) is 4.90 Å². The van der Waals surface area contributed by atoms with Gasteiger partial charge in [0, 0.05) is 17.0 Å². The number of rotatable bonds is 3. The lowest BCUT2D eigenvalue weighted by Crippen LogP contribution is -2.27. The summed E-state index contributed by atoms with van der Waals surface area (Å²) < 4.78 is 1.11. The maximum Gasteiger partial charge on any atom is 0.227 e. The zero-order chi connectivity index (χ0) is 11.4. The Morgan fingerprint density at radius 3 is 2.53 bits per heavy atom. The quantitative estimate of drug-likeness (QED) is 0.783. The van der Waals surface area contributed by atoms with Crippen molar-refractivity contribution in [2.45, 2.75) is 20.3 Å². The Labute approximate surface area is 105 Å². The summed E-state index contributed by atoms with van der Waals surface area (Å²) in [5.41, 5.74) is 0.990. The van der Waals surface area contributed by atoms with Crippen molar-refractivity contribution in [3.05, 3.63) is 27.8 Å². The molecule has 1 amide bonds. The predicted molar refractivity (Wildman–Crippen MR) is 72.0 cm³/mol. The summed E-state index contributed by atoms with van der Waals surface area (Å²) in [5, 5.41) is 0. The Hall–Kier alpha value is -0.580. The zero-order valence-electron chi connectivity index (χ0n) is 9.33. The molecule has 0 atom stereocenters. The number of halogens is 1. The minimum absolute atomic E-state index is 0.175. The second-order valence-corrected chi connectivity index (χ2v) is 5.16. The van der Waals surface area contributed by atoms with Crippen LogP contribution >= 0.6 is 22.6 Å². The molecular formula is C12H16INO. The Morgan fingerprint density at radius 2 is 2.00 bits per heavy atom. The molecule has 0 unspecified atom stereocenters. The first-order valence-electron chi connectivity index (χ1n) is 5.03. The van der Waals surface area contributed by atoms with Crippen LogP contribution in [0, 0.1) is 9.49 Å². The van der Waals surface area contributed by atoms with E-state index in [0.29, 0.717) is 12.3 Å². The molecule has 1 rings (SSSR count). The number of amides is 1. The van der Waals surface area contributed by atoms with Crippen LogP contribution in [0.1, 0.15) is 20.3 Å². The van der Waals surface area contributed by atoms with Gasteiger partial charge in [-0.3, -0.25) is 4.79 Å². The monoisotopic (exact) mass is 317 g/mol. The van der Waals surface area contributed by atoms with Gasteiger partial charge in [-0.15, -0.1) is 0 Å². The highest BCUT2D eigenvalue weighted by Gasteiger charge is 2.13. The molecule has 0 aliphatic heterocycles. The van der Waals surface area contributed by atoms with Gasteiger partial charge in [0.05, 0.1) is 5.69 Å². The second-order valence-electron chi connectivity index (χ2n) is 4.00. The average molecular weight is 317 g/mol. The lowest BCUT2D eigenvalue weighted by Gasteiger charge is -2.19. The molecule has 0 aromatic heterocycles. The van der Waals surface area contributed by atoms with Gasteiger partial charge < -0.3 is 4.90 Å². The van der Waals surface area contributed by atoms with Crippen LogP contribution in [0.5, 0.6) is 0 Å². The van der Waals surface area contributed by atoms with Crippen molar-refractivity contribution in [1.29, 1.82) is 0 Å². The van der Waals surface area contributed by atoms with Gasteiger partial charge in [0.2, 0.25) is 5.91 Å². The van der Waals surface area contributed by atoms with Crippen molar-refractivity contribution < 1.29 is 4.79 Å². The number of carbonyl (C=O) groups excluding carboxylic acids is 1. The van der Waals surface area contributed by atoms with Crippen molar-refractivity contribution in [2.24, 2.45) is 5.92 Å². The standard InChI is InChI=1S/C12H16INO/c1-9(2)8-12(15)14(3)11-7-5-4-6-10(11)13/h4-7,9H,8H2,1-3H3. The van der Waals surface area contributed by atoms with E-state index in [0.717, 1.165) is 9.26 Å². The van der Waals surface area contributed by atoms with E-state index in [4.69, 9.17) is 0 Å². The SMILES string of the molecule is CC(C)CC(=O)N(C)c1ccccc1I. The van der Waals surface area contributed by atoms with Crippen molar-refractivity contribution in [3.63, 3.8) is 0 Å². The molecule has 1 aromatic carbocycles. The Morgan fingerprint density at radius 1 is 1.40 bits per heavy atom. The van der Waals surface area contributed by atoms with Crippen LogP contribution in [-0.4, -0.2) is 13.0 Å². The third-order valence-electron chi connectivity index (χ3n) is 2.17. The summed E-state index contributed by atoms with van der Waals surface area (Å²) in [6.45, 7) is 4.11. The molecule has 0 radical (unpaired) electrons. The third-order valence-corrected chi connectivity index (χ3v) is 3.08. The number of benzene rings is 1. The Bertz CT molecular complexity index is 349. The Kier molecular flexibility index (Phi) is 4.57. The van der Waals surface area contributed by atoms with Gasteiger partial charge in [0.1, 0.15) is 0 Å². The first-order chi connectivity index (χ1) is 7.02. The fourth-order valence-corrected chi connectivity index (χ4v) is 2.09. The molecule has 0 fully saturated rings. The van der Waals surface area contributed by atoms with E-state index < -0.39 is 0 Å². The molecule has 15 heavy (non-hydrogen) atoms. The molecule has 0 heterocycles.